The van der Waals surface area contributed by atoms with Crippen LogP contribution in [0, 0.1) is 0 Å². The normalized spacial score (nSPS) is 28.5. The second-order valence-corrected chi connectivity index (χ2v) is 7.09. The van der Waals surface area contributed by atoms with Gasteiger partial charge in [0, 0.05) is 18.6 Å². The molecule has 0 unspecified atom stereocenters. The molecule has 0 bridgehead atoms. The molecule has 0 radical (unpaired) electrons. The van der Waals surface area contributed by atoms with Gasteiger partial charge >= 0.3 is 7.12 Å². The number of hydrogen-bond donors (Lipinski definition) is 5. The number of carbonyl (C=O) groups is 1. The van der Waals surface area contributed by atoms with Crippen LogP contribution in [0.4, 0.5) is 5.82 Å². The number of amides is 1. The summed E-state index contributed by atoms with van der Waals surface area (Å²) in [6.07, 6.45) is -0.508. The van der Waals surface area contributed by atoms with Crippen molar-refractivity contribution in [2.45, 2.75) is 37.2 Å². The fourth-order valence-corrected chi connectivity index (χ4v) is 3.41. The van der Waals surface area contributed by atoms with Gasteiger partial charge in [-0.15, -0.1) is 11.6 Å². The van der Waals surface area contributed by atoms with Crippen molar-refractivity contribution in [2.24, 2.45) is 0 Å². The van der Waals surface area contributed by atoms with Crippen LogP contribution in [0.3, 0.4) is 0 Å². The van der Waals surface area contributed by atoms with Gasteiger partial charge in [-0.2, -0.15) is 0 Å². The topological polar surface area (TPSA) is 150 Å². The molecule has 0 aliphatic carbocycles. The number of aliphatic hydroxyl groups excluding tert-OH is 2. The summed E-state index contributed by atoms with van der Waals surface area (Å²) in [5.41, 5.74) is 0.247. The van der Waals surface area contributed by atoms with E-state index >= 15 is 0 Å². The number of alkyl halides is 1. The van der Waals surface area contributed by atoms with Gasteiger partial charge in [0.2, 0.25) is 5.91 Å². The molecule has 26 heavy (non-hydrogen) atoms. The van der Waals surface area contributed by atoms with Crippen LogP contribution < -0.4 is 10.8 Å². The molecule has 0 aromatic carbocycles. The summed E-state index contributed by atoms with van der Waals surface area (Å²) in [5.74, 6) is -0.302. The first-order chi connectivity index (χ1) is 12.2. The van der Waals surface area contributed by atoms with E-state index in [1.165, 1.54) is 30.9 Å². The number of carbonyl (C=O) groups excluding carboxylic acids is 1. The van der Waals surface area contributed by atoms with Crippen LogP contribution in [-0.4, -0.2) is 71.5 Å². The summed E-state index contributed by atoms with van der Waals surface area (Å²) in [6.45, 7) is 2.38. The second kappa shape index (κ2) is 6.76. The fraction of sp³-hybridized carbons (Fsp3) is 0.500. The lowest BCUT2D eigenvalue weighted by atomic mass is 9.80. The third kappa shape index (κ3) is 2.96. The molecule has 4 atom stereocenters. The smallest absolute Gasteiger partial charge is 0.423 e. The van der Waals surface area contributed by atoms with E-state index in [1.54, 1.807) is 0 Å². The highest BCUT2D eigenvalue weighted by Crippen LogP contribution is 2.44. The summed E-state index contributed by atoms with van der Waals surface area (Å²) in [6, 6.07) is 0. The van der Waals surface area contributed by atoms with E-state index in [0.29, 0.717) is 0 Å². The Balaban J connectivity index is 2.20. The van der Waals surface area contributed by atoms with E-state index < -0.39 is 42.9 Å². The average Bonchev–Trinajstić information content (AvgIpc) is 3.04. The Labute approximate surface area is 153 Å². The van der Waals surface area contributed by atoms with Crippen molar-refractivity contribution in [2.75, 3.05) is 11.9 Å². The molecule has 3 heterocycles. The van der Waals surface area contributed by atoms with E-state index in [9.17, 15) is 25.1 Å². The molecule has 1 amide bonds. The largest absolute Gasteiger partial charge is 0.490 e. The number of halogens is 1. The molecular formula is C14H18BClN4O6. The summed E-state index contributed by atoms with van der Waals surface area (Å²) in [7, 11) is -1.88. The van der Waals surface area contributed by atoms with E-state index in [0.717, 1.165) is 0 Å². The zero-order valence-corrected chi connectivity index (χ0v) is 14.8. The summed E-state index contributed by atoms with van der Waals surface area (Å²) in [5, 5.41) is 41.8. The fourth-order valence-electron chi connectivity index (χ4n) is 3.11. The number of anilines is 1. The highest BCUT2D eigenvalue weighted by atomic mass is 35.5. The van der Waals surface area contributed by atoms with E-state index in [2.05, 4.69) is 15.3 Å². The number of nitrogens with zero attached hydrogens (tertiary/aromatic N) is 3. The predicted molar refractivity (Wildman–Crippen MR) is 92.9 cm³/mol. The first-order valence-corrected chi connectivity index (χ1v) is 8.18. The maximum Gasteiger partial charge on any atom is 0.490 e. The molecule has 1 aliphatic rings. The molecule has 0 spiro atoms. The SMILES string of the molecule is CC(=O)Nc1ncnc2c1c(B(O)O)cn2[C@@H]1O[C@H](CO)[C@@H](O)[C@@]1(C)Cl. The standard InChI is InChI=1S/C14H18BClN4O6/c1-6(22)19-11-9-7(15(24)25)3-20(12(9)18-5-17-11)13-14(2,16)10(23)8(4-21)26-13/h3,5,8,10,13,21,23-25H,4H2,1-2H3,(H,17,18,19,22)/t8-,10-,13-,14-/m1/s1. The molecule has 2 aromatic heterocycles. The lowest BCUT2D eigenvalue weighted by Gasteiger charge is -2.26. The summed E-state index contributed by atoms with van der Waals surface area (Å²) in [4.78, 5) is 18.2. The number of ether oxygens (including phenoxy) is 1. The Morgan fingerprint density at radius 2 is 2.19 bits per heavy atom. The Hall–Kier alpha value is -1.76. The van der Waals surface area contributed by atoms with Crippen molar-refractivity contribution in [1.29, 1.82) is 0 Å². The molecule has 5 N–H and O–H groups in total. The number of hydrogen-bond acceptors (Lipinski definition) is 8. The number of aromatic nitrogens is 3. The van der Waals surface area contributed by atoms with Gasteiger partial charge in [0.15, 0.2) is 6.23 Å². The van der Waals surface area contributed by atoms with Crippen LogP contribution in [0.5, 0.6) is 0 Å². The first-order valence-electron chi connectivity index (χ1n) is 7.81. The minimum Gasteiger partial charge on any atom is -0.423 e. The lowest BCUT2D eigenvalue weighted by Crippen LogP contribution is -2.39. The highest BCUT2D eigenvalue weighted by molar-refractivity contribution is 6.62. The molecular weight excluding hydrogens is 366 g/mol. The Bertz CT molecular complexity index is 844. The molecule has 3 rings (SSSR count). The molecule has 12 heteroatoms. The Kier molecular flexibility index (Phi) is 4.95. The van der Waals surface area contributed by atoms with Gasteiger partial charge in [-0.1, -0.05) is 0 Å². The molecule has 0 saturated carbocycles. The van der Waals surface area contributed by atoms with E-state index in [-0.39, 0.29) is 22.3 Å². The maximum absolute atomic E-state index is 11.4. The van der Waals surface area contributed by atoms with Crippen LogP contribution in [-0.2, 0) is 9.53 Å². The summed E-state index contributed by atoms with van der Waals surface area (Å²) >= 11 is 6.46. The minimum absolute atomic E-state index is 0.0300. The summed E-state index contributed by atoms with van der Waals surface area (Å²) < 4.78 is 7.09. The molecule has 140 valence electrons. The molecule has 1 saturated heterocycles. The zero-order valence-electron chi connectivity index (χ0n) is 14.0. The zero-order chi connectivity index (χ0) is 19.2. The molecule has 10 nitrogen and oxygen atoms in total. The number of nitrogens with one attached hydrogen (secondary N) is 1. The van der Waals surface area contributed by atoms with Crippen molar-refractivity contribution in [1.82, 2.24) is 14.5 Å². The van der Waals surface area contributed by atoms with E-state index in [4.69, 9.17) is 16.3 Å². The second-order valence-electron chi connectivity index (χ2n) is 6.27. The van der Waals surface area contributed by atoms with Crippen LogP contribution in [0.15, 0.2) is 12.5 Å². The Morgan fingerprint density at radius 3 is 2.73 bits per heavy atom. The average molecular weight is 385 g/mol. The van der Waals surface area contributed by atoms with Crippen LogP contribution >= 0.6 is 11.6 Å². The molecule has 1 fully saturated rings. The van der Waals surface area contributed by atoms with Gasteiger partial charge in [-0.25, -0.2) is 9.97 Å². The highest BCUT2D eigenvalue weighted by Gasteiger charge is 2.53. The van der Waals surface area contributed by atoms with Gasteiger partial charge in [-0.05, 0) is 6.92 Å². The third-order valence-electron chi connectivity index (χ3n) is 4.36. The predicted octanol–water partition coefficient (Wildman–Crippen LogP) is -1.68. The quantitative estimate of drug-likeness (QED) is 0.310. The van der Waals surface area contributed by atoms with Gasteiger partial charge in [0.05, 0.1) is 12.0 Å². The maximum atomic E-state index is 11.4. The van der Waals surface area contributed by atoms with E-state index in [1.807, 2.05) is 0 Å². The number of rotatable bonds is 4. The number of aliphatic hydroxyl groups is 2. The van der Waals surface area contributed by atoms with Crippen molar-refractivity contribution in [3.63, 3.8) is 0 Å². The van der Waals surface area contributed by atoms with Crippen molar-refractivity contribution in [3.8, 4) is 0 Å². The minimum atomic E-state index is -1.88. The van der Waals surface area contributed by atoms with Gasteiger partial charge in [-0.3, -0.25) is 4.79 Å². The van der Waals surface area contributed by atoms with Crippen molar-refractivity contribution < 1.29 is 29.8 Å². The molecule has 1 aliphatic heterocycles. The first kappa shape index (κ1) is 19.0. The van der Waals surface area contributed by atoms with Gasteiger partial charge < -0.3 is 34.9 Å². The van der Waals surface area contributed by atoms with Crippen LogP contribution in [0.2, 0.25) is 0 Å². The lowest BCUT2D eigenvalue weighted by molar-refractivity contribution is -0.114. The van der Waals surface area contributed by atoms with Crippen molar-refractivity contribution >= 4 is 46.9 Å². The van der Waals surface area contributed by atoms with Crippen LogP contribution in [0.1, 0.15) is 20.1 Å². The van der Waals surface area contributed by atoms with Gasteiger partial charge in [0.25, 0.3) is 0 Å². The third-order valence-corrected chi connectivity index (χ3v) is 4.77. The Morgan fingerprint density at radius 1 is 1.50 bits per heavy atom. The van der Waals surface area contributed by atoms with Gasteiger partial charge in [0.1, 0.15) is 34.9 Å². The monoisotopic (exact) mass is 384 g/mol. The molecule has 2 aromatic rings. The van der Waals surface area contributed by atoms with Crippen molar-refractivity contribution in [3.05, 3.63) is 12.5 Å². The number of fused-ring (bicyclic) bond motifs is 1. The van der Waals surface area contributed by atoms with Crippen LogP contribution in [0.25, 0.3) is 11.0 Å².